The van der Waals surface area contributed by atoms with Gasteiger partial charge in [-0.3, -0.25) is 11.3 Å². The van der Waals surface area contributed by atoms with Crippen molar-refractivity contribution in [3.05, 3.63) is 34.1 Å². The van der Waals surface area contributed by atoms with E-state index in [0.29, 0.717) is 5.56 Å². The monoisotopic (exact) mass is 358 g/mol. The molecule has 0 amide bonds. The third kappa shape index (κ3) is 7.39. The van der Waals surface area contributed by atoms with E-state index in [-0.39, 0.29) is 11.9 Å². The second-order valence-corrected chi connectivity index (χ2v) is 6.56. The van der Waals surface area contributed by atoms with Crippen LogP contribution < -0.4 is 11.3 Å². The molecule has 3 N–H and O–H groups in total. The lowest BCUT2D eigenvalue weighted by Crippen LogP contribution is -2.28. The summed E-state index contributed by atoms with van der Waals surface area (Å²) in [6, 6.07) is 4.90. The average molecular weight is 359 g/mol. The summed E-state index contributed by atoms with van der Waals surface area (Å²) in [6.45, 7) is 2.24. The van der Waals surface area contributed by atoms with E-state index >= 15 is 0 Å². The number of hydrogen-bond donors (Lipinski definition) is 2. The predicted molar refractivity (Wildman–Crippen MR) is 91.4 cm³/mol. The molecule has 120 valence electrons. The van der Waals surface area contributed by atoms with Crippen molar-refractivity contribution in [3.63, 3.8) is 0 Å². The maximum Gasteiger partial charge on any atom is 0.128 e. The Morgan fingerprint density at radius 3 is 2.33 bits per heavy atom. The molecule has 0 radical (unpaired) electrons. The lowest BCUT2D eigenvalue weighted by atomic mass is 9.99. The fourth-order valence-electron chi connectivity index (χ4n) is 2.59. The molecule has 0 aromatic heterocycles. The molecule has 0 aliphatic carbocycles. The number of hydrazine groups is 1. The fraction of sp³-hybridized carbons (Fsp3) is 0.647. The smallest absolute Gasteiger partial charge is 0.128 e. The Labute approximate surface area is 136 Å². The molecule has 1 rings (SSSR count). The maximum atomic E-state index is 13.8. The Balaban J connectivity index is 2.27. The van der Waals surface area contributed by atoms with Crippen LogP contribution in [0.3, 0.4) is 0 Å². The Kier molecular flexibility index (Phi) is 9.89. The van der Waals surface area contributed by atoms with Gasteiger partial charge in [-0.2, -0.15) is 0 Å². The minimum Gasteiger partial charge on any atom is -0.271 e. The highest BCUT2D eigenvalue weighted by Crippen LogP contribution is 2.25. The van der Waals surface area contributed by atoms with Gasteiger partial charge in [-0.05, 0) is 24.6 Å². The van der Waals surface area contributed by atoms with Crippen LogP contribution >= 0.6 is 15.9 Å². The normalized spacial score (nSPS) is 12.6. The lowest BCUT2D eigenvalue weighted by Gasteiger charge is -2.17. The number of halogens is 2. The lowest BCUT2D eigenvalue weighted by molar-refractivity contribution is 0.456. The topological polar surface area (TPSA) is 38.0 Å². The number of nitrogens with one attached hydrogen (secondary N) is 1. The highest BCUT2D eigenvalue weighted by Gasteiger charge is 2.14. The minimum absolute atomic E-state index is 0.109. The highest BCUT2D eigenvalue weighted by atomic mass is 79.9. The van der Waals surface area contributed by atoms with E-state index in [9.17, 15) is 4.39 Å². The summed E-state index contributed by atoms with van der Waals surface area (Å²) in [4.78, 5) is 0. The first-order valence-corrected chi connectivity index (χ1v) is 8.89. The van der Waals surface area contributed by atoms with Crippen LogP contribution in [0.1, 0.15) is 76.3 Å². The van der Waals surface area contributed by atoms with Crippen molar-refractivity contribution in [1.82, 2.24) is 5.43 Å². The molecule has 1 aromatic rings. The zero-order valence-corrected chi connectivity index (χ0v) is 14.6. The first-order chi connectivity index (χ1) is 10.2. The van der Waals surface area contributed by atoms with Crippen molar-refractivity contribution in [2.75, 3.05) is 0 Å². The molecule has 0 saturated carbocycles. The van der Waals surface area contributed by atoms with Gasteiger partial charge in [0.15, 0.2) is 0 Å². The molecule has 0 aliphatic heterocycles. The predicted octanol–water partition coefficient (Wildman–Crippen LogP) is 5.62. The van der Waals surface area contributed by atoms with Gasteiger partial charge in [0, 0.05) is 16.1 Å². The van der Waals surface area contributed by atoms with Gasteiger partial charge in [0.05, 0.1) is 0 Å². The maximum absolute atomic E-state index is 13.8. The second-order valence-electron chi connectivity index (χ2n) is 5.65. The van der Waals surface area contributed by atoms with Gasteiger partial charge >= 0.3 is 0 Å². The standard InChI is InChI=1S/C17H28BrFN2/c1-2-3-4-5-6-7-8-9-10-17(21-20)15-13-14(18)11-12-16(15)19/h11-13,17,21H,2-10,20H2,1H3. The molecule has 0 heterocycles. The summed E-state index contributed by atoms with van der Waals surface area (Å²) in [5.74, 6) is 5.39. The van der Waals surface area contributed by atoms with Crippen molar-refractivity contribution in [2.45, 2.75) is 70.8 Å². The van der Waals surface area contributed by atoms with Crippen molar-refractivity contribution in [2.24, 2.45) is 5.84 Å². The van der Waals surface area contributed by atoms with Crippen molar-refractivity contribution < 1.29 is 4.39 Å². The van der Waals surface area contributed by atoms with Gasteiger partial charge in [-0.1, -0.05) is 74.2 Å². The average Bonchev–Trinajstić information content (AvgIpc) is 2.49. The molecule has 2 nitrogen and oxygen atoms in total. The van der Waals surface area contributed by atoms with Crippen LogP contribution in [-0.4, -0.2) is 0 Å². The summed E-state index contributed by atoms with van der Waals surface area (Å²) in [5.41, 5.74) is 3.39. The molecular formula is C17H28BrFN2. The van der Waals surface area contributed by atoms with Crippen molar-refractivity contribution in [3.8, 4) is 0 Å². The highest BCUT2D eigenvalue weighted by molar-refractivity contribution is 9.10. The van der Waals surface area contributed by atoms with Gasteiger partial charge < -0.3 is 0 Å². The molecule has 1 atom stereocenters. The van der Waals surface area contributed by atoms with Crippen LogP contribution in [0.15, 0.2) is 22.7 Å². The molecule has 0 fully saturated rings. The van der Waals surface area contributed by atoms with E-state index in [1.165, 1.54) is 51.0 Å². The van der Waals surface area contributed by atoms with Crippen LogP contribution in [0.4, 0.5) is 4.39 Å². The first-order valence-electron chi connectivity index (χ1n) is 8.10. The molecule has 0 bridgehead atoms. The Morgan fingerprint density at radius 2 is 1.71 bits per heavy atom. The fourth-order valence-corrected chi connectivity index (χ4v) is 2.97. The number of hydrogen-bond acceptors (Lipinski definition) is 2. The number of unbranched alkanes of at least 4 members (excludes halogenated alkanes) is 7. The second kappa shape index (κ2) is 11.2. The Hall–Kier alpha value is -0.450. The van der Waals surface area contributed by atoms with Crippen LogP contribution in [-0.2, 0) is 0 Å². The van der Waals surface area contributed by atoms with E-state index in [1.54, 1.807) is 6.07 Å². The molecule has 4 heteroatoms. The van der Waals surface area contributed by atoms with E-state index in [4.69, 9.17) is 5.84 Å². The summed E-state index contributed by atoms with van der Waals surface area (Å²) < 4.78 is 14.7. The number of rotatable bonds is 11. The van der Waals surface area contributed by atoms with Gasteiger partial charge in [-0.25, -0.2) is 4.39 Å². The summed E-state index contributed by atoms with van der Waals surface area (Å²) in [6.07, 6.45) is 11.1. The van der Waals surface area contributed by atoms with E-state index in [0.717, 1.165) is 17.3 Å². The molecule has 0 aliphatic rings. The quantitative estimate of drug-likeness (QED) is 0.306. The van der Waals surface area contributed by atoms with Crippen LogP contribution in [0.25, 0.3) is 0 Å². The molecule has 0 saturated heterocycles. The minimum atomic E-state index is -0.194. The van der Waals surface area contributed by atoms with Gasteiger partial charge in [0.25, 0.3) is 0 Å². The number of benzene rings is 1. The van der Waals surface area contributed by atoms with Crippen LogP contribution in [0.2, 0.25) is 0 Å². The van der Waals surface area contributed by atoms with E-state index in [1.807, 2.05) is 6.07 Å². The molecule has 1 aromatic carbocycles. The summed E-state index contributed by atoms with van der Waals surface area (Å²) in [5, 5.41) is 0. The SMILES string of the molecule is CCCCCCCCCCC(NN)c1cc(Br)ccc1F. The van der Waals surface area contributed by atoms with Gasteiger partial charge in [-0.15, -0.1) is 0 Å². The molecule has 0 spiro atoms. The Bertz CT molecular complexity index is 398. The van der Waals surface area contributed by atoms with Gasteiger partial charge in [0.1, 0.15) is 5.82 Å². The third-order valence-electron chi connectivity index (χ3n) is 3.88. The summed E-state index contributed by atoms with van der Waals surface area (Å²) >= 11 is 3.38. The zero-order valence-electron chi connectivity index (χ0n) is 13.0. The molecule has 1 unspecified atom stereocenters. The van der Waals surface area contributed by atoms with Crippen molar-refractivity contribution >= 4 is 15.9 Å². The van der Waals surface area contributed by atoms with E-state index in [2.05, 4.69) is 28.3 Å². The largest absolute Gasteiger partial charge is 0.271 e. The van der Waals surface area contributed by atoms with Crippen molar-refractivity contribution in [1.29, 1.82) is 0 Å². The number of nitrogens with two attached hydrogens (primary N) is 1. The zero-order chi connectivity index (χ0) is 15.5. The first kappa shape index (κ1) is 18.6. The summed E-state index contributed by atoms with van der Waals surface area (Å²) in [7, 11) is 0. The Morgan fingerprint density at radius 1 is 1.10 bits per heavy atom. The van der Waals surface area contributed by atoms with Crippen LogP contribution in [0, 0.1) is 5.82 Å². The molecule has 21 heavy (non-hydrogen) atoms. The molecular weight excluding hydrogens is 331 g/mol. The third-order valence-corrected chi connectivity index (χ3v) is 4.37. The van der Waals surface area contributed by atoms with E-state index < -0.39 is 0 Å². The van der Waals surface area contributed by atoms with Gasteiger partial charge in [0.2, 0.25) is 0 Å². The van der Waals surface area contributed by atoms with Crippen LogP contribution in [0.5, 0.6) is 0 Å².